The topological polar surface area (TPSA) is 72.6 Å². The molecular weight excluding hydrogens is 244 g/mol. The average Bonchev–Trinajstić information content (AvgIpc) is 2.63. The number of esters is 1. The van der Waals surface area contributed by atoms with Crippen molar-refractivity contribution in [1.82, 2.24) is 4.90 Å². The van der Waals surface area contributed by atoms with Crippen molar-refractivity contribution < 1.29 is 14.3 Å². The minimum Gasteiger partial charge on any atom is -0.464 e. The number of nitrogens with zero attached hydrogens (tertiary/aromatic N) is 1. The number of nitrogens with two attached hydrogens (primary N) is 1. The molecule has 0 radical (unpaired) electrons. The number of likely N-dealkylation sites (tertiary alicyclic amines) is 1. The first-order valence-corrected chi connectivity index (χ1v) is 7.31. The number of hydrogen-bond donors (Lipinski definition) is 1. The van der Waals surface area contributed by atoms with Crippen LogP contribution >= 0.6 is 0 Å². The van der Waals surface area contributed by atoms with Crippen molar-refractivity contribution in [3.05, 3.63) is 0 Å². The van der Waals surface area contributed by atoms with E-state index in [1.165, 1.54) is 12.8 Å². The molecule has 5 heteroatoms. The van der Waals surface area contributed by atoms with Crippen LogP contribution in [0.15, 0.2) is 0 Å². The highest BCUT2D eigenvalue weighted by Gasteiger charge is 2.29. The smallest absolute Gasteiger partial charge is 0.332 e. The maximum Gasteiger partial charge on any atom is 0.332 e. The lowest BCUT2D eigenvalue weighted by molar-refractivity contribution is -0.150. The van der Waals surface area contributed by atoms with E-state index >= 15 is 0 Å². The minimum absolute atomic E-state index is 0.248. The van der Waals surface area contributed by atoms with E-state index < -0.39 is 12.0 Å². The molecule has 0 aliphatic carbocycles. The van der Waals surface area contributed by atoms with Gasteiger partial charge in [0.05, 0.1) is 6.61 Å². The maximum atomic E-state index is 12.1. The van der Waals surface area contributed by atoms with E-state index in [1.807, 2.05) is 0 Å². The van der Waals surface area contributed by atoms with Crippen molar-refractivity contribution in [1.29, 1.82) is 0 Å². The number of carbonyl (C=O) groups is 2. The van der Waals surface area contributed by atoms with Gasteiger partial charge in [-0.2, -0.15) is 0 Å². The Balaban J connectivity index is 2.50. The second-order valence-electron chi connectivity index (χ2n) is 5.14. The van der Waals surface area contributed by atoms with E-state index in [0.29, 0.717) is 19.0 Å². The van der Waals surface area contributed by atoms with Crippen LogP contribution < -0.4 is 5.73 Å². The molecule has 1 fully saturated rings. The molecule has 110 valence electrons. The monoisotopic (exact) mass is 270 g/mol. The summed E-state index contributed by atoms with van der Waals surface area (Å²) in [6, 6.07) is -1.16. The number of hydrogen-bond acceptors (Lipinski definition) is 4. The van der Waals surface area contributed by atoms with Crippen LogP contribution in [0.2, 0.25) is 0 Å². The van der Waals surface area contributed by atoms with Crippen molar-refractivity contribution in [2.24, 2.45) is 11.7 Å². The Morgan fingerprint density at radius 3 is 2.68 bits per heavy atom. The van der Waals surface area contributed by atoms with Crippen molar-refractivity contribution in [3.8, 4) is 0 Å². The molecule has 0 aromatic rings. The van der Waals surface area contributed by atoms with Gasteiger partial charge in [0.1, 0.15) is 0 Å². The van der Waals surface area contributed by atoms with Crippen LogP contribution in [0.5, 0.6) is 0 Å². The lowest BCUT2D eigenvalue weighted by Gasteiger charge is -2.23. The molecule has 0 aromatic carbocycles. The van der Waals surface area contributed by atoms with Gasteiger partial charge < -0.3 is 15.4 Å². The summed E-state index contributed by atoms with van der Waals surface area (Å²) < 4.78 is 4.80. The molecular formula is C14H26N2O3. The molecule has 2 atom stereocenters. The Kier molecular flexibility index (Phi) is 6.84. The standard InChI is InChI=1S/C14H26N2O3/c1-3-6-11-7-5-9-16(10-8-11)13(17)12(15)14(18)19-4-2/h11-12H,3-10,15H2,1-2H3. The molecule has 5 nitrogen and oxygen atoms in total. The Morgan fingerprint density at radius 1 is 1.32 bits per heavy atom. The van der Waals surface area contributed by atoms with Gasteiger partial charge in [0, 0.05) is 13.1 Å². The van der Waals surface area contributed by atoms with E-state index in [4.69, 9.17) is 10.5 Å². The third kappa shape index (κ3) is 4.82. The maximum absolute atomic E-state index is 12.1. The molecule has 1 heterocycles. The summed E-state index contributed by atoms with van der Waals surface area (Å²) in [7, 11) is 0. The molecule has 1 aliphatic heterocycles. The van der Waals surface area contributed by atoms with Crippen molar-refractivity contribution >= 4 is 11.9 Å². The molecule has 1 amide bonds. The van der Waals surface area contributed by atoms with Crippen LogP contribution in [0.1, 0.15) is 46.0 Å². The lowest BCUT2D eigenvalue weighted by Crippen LogP contribution is -2.49. The fraction of sp³-hybridized carbons (Fsp3) is 0.857. The summed E-state index contributed by atoms with van der Waals surface area (Å²) in [6.07, 6.45) is 5.56. The minimum atomic E-state index is -1.16. The first-order chi connectivity index (χ1) is 9.10. The summed E-state index contributed by atoms with van der Waals surface area (Å²) in [6.45, 7) is 5.54. The van der Waals surface area contributed by atoms with Gasteiger partial charge >= 0.3 is 5.97 Å². The summed E-state index contributed by atoms with van der Waals surface area (Å²) in [5, 5.41) is 0. The number of carbonyl (C=O) groups excluding carboxylic acids is 2. The predicted molar refractivity (Wildman–Crippen MR) is 73.4 cm³/mol. The number of rotatable bonds is 5. The fourth-order valence-electron chi connectivity index (χ4n) is 2.61. The Morgan fingerprint density at radius 2 is 2.05 bits per heavy atom. The fourth-order valence-corrected chi connectivity index (χ4v) is 2.61. The van der Waals surface area contributed by atoms with Gasteiger partial charge in [-0.15, -0.1) is 0 Å². The Hall–Kier alpha value is -1.10. The van der Waals surface area contributed by atoms with Crippen molar-refractivity contribution in [2.75, 3.05) is 19.7 Å². The second-order valence-corrected chi connectivity index (χ2v) is 5.14. The lowest BCUT2D eigenvalue weighted by atomic mass is 9.96. The normalized spacial score (nSPS) is 21.6. The molecule has 1 rings (SSSR count). The highest BCUT2D eigenvalue weighted by Crippen LogP contribution is 2.22. The van der Waals surface area contributed by atoms with Gasteiger partial charge in [-0.25, -0.2) is 4.79 Å². The van der Waals surface area contributed by atoms with Gasteiger partial charge in [0.25, 0.3) is 5.91 Å². The summed E-state index contributed by atoms with van der Waals surface area (Å²) in [4.78, 5) is 25.3. The average molecular weight is 270 g/mol. The van der Waals surface area contributed by atoms with E-state index in [0.717, 1.165) is 19.3 Å². The van der Waals surface area contributed by atoms with Crippen molar-refractivity contribution in [3.63, 3.8) is 0 Å². The second kappa shape index (κ2) is 8.15. The third-order valence-electron chi connectivity index (χ3n) is 3.66. The van der Waals surface area contributed by atoms with Crippen LogP contribution in [0, 0.1) is 5.92 Å². The largest absolute Gasteiger partial charge is 0.464 e. The predicted octanol–water partition coefficient (Wildman–Crippen LogP) is 1.31. The van der Waals surface area contributed by atoms with Crippen LogP contribution in [0.3, 0.4) is 0 Å². The highest BCUT2D eigenvalue weighted by atomic mass is 16.5. The third-order valence-corrected chi connectivity index (χ3v) is 3.66. The van der Waals surface area contributed by atoms with Crippen molar-refractivity contribution in [2.45, 2.75) is 52.0 Å². The number of ether oxygens (including phenoxy) is 1. The first-order valence-electron chi connectivity index (χ1n) is 7.31. The highest BCUT2D eigenvalue weighted by molar-refractivity contribution is 6.01. The molecule has 19 heavy (non-hydrogen) atoms. The van der Waals surface area contributed by atoms with Gasteiger partial charge in [-0.05, 0) is 32.1 Å². The van der Waals surface area contributed by atoms with Gasteiger partial charge in [0.15, 0.2) is 6.04 Å². The molecule has 0 bridgehead atoms. The SMILES string of the molecule is CCCC1CCCN(C(=O)C(N)C(=O)OCC)CC1. The first kappa shape index (κ1) is 16.0. The summed E-state index contributed by atoms with van der Waals surface area (Å²) in [5.41, 5.74) is 5.66. The zero-order chi connectivity index (χ0) is 14.3. The number of amides is 1. The van der Waals surface area contributed by atoms with Crippen LogP contribution in [0.25, 0.3) is 0 Å². The van der Waals surface area contributed by atoms with Crippen LogP contribution in [0.4, 0.5) is 0 Å². The molecule has 2 unspecified atom stereocenters. The van der Waals surface area contributed by atoms with Gasteiger partial charge in [-0.3, -0.25) is 4.79 Å². The van der Waals surface area contributed by atoms with Gasteiger partial charge in [0.2, 0.25) is 0 Å². The molecule has 0 spiro atoms. The van der Waals surface area contributed by atoms with E-state index in [1.54, 1.807) is 11.8 Å². The molecule has 1 saturated heterocycles. The molecule has 0 saturated carbocycles. The van der Waals surface area contributed by atoms with Crippen LogP contribution in [-0.4, -0.2) is 42.5 Å². The Labute approximate surface area is 115 Å². The molecule has 2 N–H and O–H groups in total. The van der Waals surface area contributed by atoms with Crippen LogP contribution in [-0.2, 0) is 14.3 Å². The zero-order valence-corrected chi connectivity index (χ0v) is 12.1. The quantitative estimate of drug-likeness (QED) is 0.604. The zero-order valence-electron chi connectivity index (χ0n) is 12.1. The Bertz CT molecular complexity index is 307. The van der Waals surface area contributed by atoms with E-state index in [-0.39, 0.29) is 12.5 Å². The summed E-state index contributed by atoms with van der Waals surface area (Å²) in [5.74, 6) is -0.223. The van der Waals surface area contributed by atoms with E-state index in [2.05, 4.69) is 6.92 Å². The summed E-state index contributed by atoms with van der Waals surface area (Å²) >= 11 is 0. The van der Waals surface area contributed by atoms with E-state index in [9.17, 15) is 9.59 Å². The molecule has 1 aliphatic rings. The molecule has 0 aromatic heterocycles. The van der Waals surface area contributed by atoms with Gasteiger partial charge in [-0.1, -0.05) is 19.8 Å².